The van der Waals surface area contributed by atoms with Crippen LogP contribution in [0.2, 0.25) is 0 Å². The number of benzene rings is 9. The highest BCUT2D eigenvalue weighted by Crippen LogP contribution is 2.50. The zero-order valence-electron chi connectivity index (χ0n) is 36.7. The molecule has 9 aromatic carbocycles. The van der Waals surface area contributed by atoms with Crippen molar-refractivity contribution in [2.75, 3.05) is 0 Å². The third-order valence-electron chi connectivity index (χ3n) is 13.0. The minimum Gasteiger partial charge on any atom is -0.246 e. The van der Waals surface area contributed by atoms with E-state index in [1.165, 1.54) is 27.8 Å². The molecule has 0 atom stereocenters. The van der Waals surface area contributed by atoms with Gasteiger partial charge in [-0.1, -0.05) is 237 Å². The normalized spacial score (nSPS) is 11.8. The summed E-state index contributed by atoms with van der Waals surface area (Å²) in [5.41, 5.74) is 21.6. The number of fused-ring (bicyclic) bond motifs is 3. The van der Waals surface area contributed by atoms with Gasteiger partial charge in [-0.25, -0.2) is 15.0 Å². The van der Waals surface area contributed by atoms with Crippen LogP contribution in [0.15, 0.2) is 255 Å². The molecule has 3 nitrogen and oxygen atoms in total. The van der Waals surface area contributed by atoms with Crippen LogP contribution in [-0.2, 0) is 0 Å². The third kappa shape index (κ3) is 7.43. The predicted octanol–water partition coefficient (Wildman–Crippen LogP) is 16.4. The van der Waals surface area contributed by atoms with Gasteiger partial charge in [-0.3, -0.25) is 0 Å². The van der Waals surface area contributed by atoms with Gasteiger partial charge in [0.05, 0.1) is 22.8 Å². The summed E-state index contributed by atoms with van der Waals surface area (Å²) in [6, 6.07) is 90.5. The predicted molar refractivity (Wildman–Crippen MR) is 276 cm³/mol. The van der Waals surface area contributed by atoms with Crippen LogP contribution in [0.1, 0.15) is 22.6 Å². The number of hydrogen-bond acceptors (Lipinski definition) is 3. The first-order valence-electron chi connectivity index (χ1n) is 22.9. The van der Waals surface area contributed by atoms with Crippen LogP contribution in [-0.4, -0.2) is 15.0 Å². The van der Waals surface area contributed by atoms with E-state index >= 15 is 0 Å². The van der Waals surface area contributed by atoms with E-state index in [1.807, 2.05) is 6.07 Å². The smallest absolute Gasteiger partial charge is 0.160 e. The highest BCUT2D eigenvalue weighted by atomic mass is 14.9. The highest BCUT2D eigenvalue weighted by molar-refractivity contribution is 6.05. The van der Waals surface area contributed by atoms with Gasteiger partial charge in [-0.15, -0.1) is 0 Å². The molecule has 2 aromatic heterocycles. The fourth-order valence-electron chi connectivity index (χ4n) is 9.94. The molecule has 0 amide bonds. The van der Waals surface area contributed by atoms with E-state index in [2.05, 4.69) is 249 Å². The molecule has 0 aliphatic heterocycles. The van der Waals surface area contributed by atoms with Crippen LogP contribution >= 0.6 is 0 Å². The molecule has 0 fully saturated rings. The average molecular weight is 854 g/mol. The quantitative estimate of drug-likeness (QED) is 0.145. The van der Waals surface area contributed by atoms with Gasteiger partial charge in [0, 0.05) is 50.4 Å². The molecular formula is C64H43N3. The maximum absolute atomic E-state index is 5.66. The van der Waals surface area contributed by atoms with Crippen molar-refractivity contribution in [3.63, 3.8) is 0 Å². The van der Waals surface area contributed by atoms with Crippen LogP contribution in [0.3, 0.4) is 0 Å². The lowest BCUT2D eigenvalue weighted by molar-refractivity contribution is 1.01. The van der Waals surface area contributed by atoms with Gasteiger partial charge in [0.25, 0.3) is 0 Å². The topological polar surface area (TPSA) is 38.7 Å². The second-order valence-electron chi connectivity index (χ2n) is 17.0. The van der Waals surface area contributed by atoms with Gasteiger partial charge >= 0.3 is 0 Å². The lowest BCUT2D eigenvalue weighted by Crippen LogP contribution is -2.02. The molecule has 0 radical (unpaired) electrons. The summed E-state index contributed by atoms with van der Waals surface area (Å²) in [5.74, 6) is 0.792. The minimum atomic E-state index is 0.111. The van der Waals surface area contributed by atoms with Crippen molar-refractivity contribution < 1.29 is 0 Å². The van der Waals surface area contributed by atoms with Crippen LogP contribution in [0.5, 0.6) is 0 Å². The van der Waals surface area contributed by atoms with E-state index < -0.39 is 0 Å². The second kappa shape index (κ2) is 17.3. The summed E-state index contributed by atoms with van der Waals surface area (Å²) < 4.78 is 0. The molecule has 1 aliphatic carbocycles. The van der Waals surface area contributed by atoms with Crippen molar-refractivity contribution in [1.82, 2.24) is 15.0 Å². The van der Waals surface area contributed by atoms with Crippen LogP contribution in [0, 0.1) is 0 Å². The SMILES string of the molecule is c1ccc(-c2cc(-c3cccc(-c4c(-c5ccccc5)c(-c5ccccc5)nc(-c5ccccc5)c4-c4ccccc4)c3)nc(-c3cccc(C4c5ccccc5-c5ccccc54)c3)n2)cc1. The molecule has 12 rings (SSSR count). The number of pyridine rings is 1. The molecule has 0 spiro atoms. The number of hydrogen-bond donors (Lipinski definition) is 0. The molecule has 314 valence electrons. The molecule has 0 bridgehead atoms. The Morgan fingerprint density at radius 1 is 0.254 bits per heavy atom. The van der Waals surface area contributed by atoms with Gasteiger partial charge in [-0.05, 0) is 62.7 Å². The van der Waals surface area contributed by atoms with Gasteiger partial charge in [-0.2, -0.15) is 0 Å². The minimum absolute atomic E-state index is 0.111. The fourth-order valence-corrected chi connectivity index (χ4v) is 9.94. The zero-order valence-corrected chi connectivity index (χ0v) is 36.7. The van der Waals surface area contributed by atoms with Gasteiger partial charge in [0.2, 0.25) is 0 Å². The lowest BCUT2D eigenvalue weighted by atomic mass is 9.83. The Hall–Kier alpha value is -8.79. The highest BCUT2D eigenvalue weighted by Gasteiger charge is 2.30. The van der Waals surface area contributed by atoms with Crippen molar-refractivity contribution in [3.8, 4) is 101 Å². The maximum Gasteiger partial charge on any atom is 0.160 e. The molecule has 67 heavy (non-hydrogen) atoms. The van der Waals surface area contributed by atoms with E-state index in [1.54, 1.807) is 0 Å². The first kappa shape index (κ1) is 39.8. The second-order valence-corrected chi connectivity index (χ2v) is 17.0. The van der Waals surface area contributed by atoms with E-state index in [0.29, 0.717) is 5.82 Å². The van der Waals surface area contributed by atoms with E-state index in [9.17, 15) is 0 Å². The van der Waals surface area contributed by atoms with Gasteiger partial charge in [0.1, 0.15) is 0 Å². The third-order valence-corrected chi connectivity index (χ3v) is 13.0. The largest absolute Gasteiger partial charge is 0.246 e. The molecule has 0 unspecified atom stereocenters. The van der Waals surface area contributed by atoms with Crippen molar-refractivity contribution >= 4 is 0 Å². The Balaban J connectivity index is 1.09. The summed E-state index contributed by atoms with van der Waals surface area (Å²) in [6.45, 7) is 0. The van der Waals surface area contributed by atoms with E-state index in [0.717, 1.165) is 84.0 Å². The van der Waals surface area contributed by atoms with Gasteiger partial charge in [0.15, 0.2) is 5.82 Å². The number of nitrogens with zero attached hydrogens (tertiary/aromatic N) is 3. The Morgan fingerprint density at radius 2 is 0.657 bits per heavy atom. The average Bonchev–Trinajstić information content (AvgIpc) is 3.76. The van der Waals surface area contributed by atoms with Crippen LogP contribution < -0.4 is 0 Å². The number of aromatic nitrogens is 3. The zero-order chi connectivity index (χ0) is 44.5. The molecule has 0 N–H and O–H groups in total. The van der Waals surface area contributed by atoms with Gasteiger partial charge < -0.3 is 0 Å². The Labute approximate surface area is 391 Å². The molecule has 0 saturated heterocycles. The van der Waals surface area contributed by atoms with Crippen molar-refractivity contribution in [2.45, 2.75) is 5.92 Å². The molecule has 2 heterocycles. The van der Waals surface area contributed by atoms with E-state index in [-0.39, 0.29) is 5.92 Å². The van der Waals surface area contributed by atoms with E-state index in [4.69, 9.17) is 15.0 Å². The standard InChI is InChI=1S/C64H43N3/c1-6-22-43(23-7-1)56-42-57(66-64(65-56)51-35-21-33-49(41-51)58-54-38-18-16-36-52(54)53-37-17-19-39-55(53)58)48-32-20-34-50(40-48)59-60(44-24-8-2-9-25-44)62(46-28-12-4-13-29-46)67-63(47-30-14-5-15-31-47)61(59)45-26-10-3-11-27-45/h1-42,58H. The van der Waals surface area contributed by atoms with Crippen molar-refractivity contribution in [3.05, 3.63) is 271 Å². The monoisotopic (exact) mass is 853 g/mol. The Morgan fingerprint density at radius 3 is 1.19 bits per heavy atom. The lowest BCUT2D eigenvalue weighted by Gasteiger charge is -2.23. The molecule has 0 saturated carbocycles. The summed E-state index contributed by atoms with van der Waals surface area (Å²) in [5, 5.41) is 0. The summed E-state index contributed by atoms with van der Waals surface area (Å²) >= 11 is 0. The molecule has 11 aromatic rings. The van der Waals surface area contributed by atoms with Crippen LogP contribution in [0.25, 0.3) is 101 Å². The van der Waals surface area contributed by atoms with Crippen molar-refractivity contribution in [1.29, 1.82) is 0 Å². The van der Waals surface area contributed by atoms with Crippen molar-refractivity contribution in [2.24, 2.45) is 0 Å². The Kier molecular flexibility index (Phi) is 10.3. The maximum atomic E-state index is 5.66. The number of rotatable bonds is 9. The first-order valence-corrected chi connectivity index (χ1v) is 22.9. The summed E-state index contributed by atoms with van der Waals surface area (Å²) in [4.78, 5) is 16.4. The molecule has 1 aliphatic rings. The first-order chi connectivity index (χ1) is 33.2. The molecular weight excluding hydrogens is 811 g/mol. The fraction of sp³-hybridized carbons (Fsp3) is 0.0156. The van der Waals surface area contributed by atoms with Crippen LogP contribution in [0.4, 0.5) is 0 Å². The molecule has 3 heteroatoms. The summed E-state index contributed by atoms with van der Waals surface area (Å²) in [6.07, 6.45) is 0. The Bertz CT molecular complexity index is 3410. The summed E-state index contributed by atoms with van der Waals surface area (Å²) in [7, 11) is 0.